The number of carbonyl (C=O) groups excluding carboxylic acids is 2. The molecular weight excluding hydrogens is 432 g/mol. The number of nitrogens with one attached hydrogen (secondary N) is 1. The molecule has 4 rings (SSSR count). The van der Waals surface area contributed by atoms with E-state index in [1.165, 1.54) is 17.6 Å². The Bertz CT molecular complexity index is 1270. The van der Waals surface area contributed by atoms with Gasteiger partial charge in [0.2, 0.25) is 5.91 Å². The van der Waals surface area contributed by atoms with Gasteiger partial charge in [0.15, 0.2) is 0 Å². The molecule has 1 heterocycles. The molecule has 1 N–H and O–H groups in total. The largest absolute Gasteiger partial charge is 0.422 e. The van der Waals surface area contributed by atoms with Gasteiger partial charge in [0.1, 0.15) is 10.6 Å². The molecule has 5 nitrogen and oxygen atoms in total. The van der Waals surface area contributed by atoms with Crippen molar-refractivity contribution < 1.29 is 14.3 Å². The first-order valence-corrected chi connectivity index (χ1v) is 10.6. The molecule has 0 spiro atoms. The Kier molecular flexibility index (Phi) is 6.40. The predicted molar refractivity (Wildman–Crippen MR) is 124 cm³/mol. The summed E-state index contributed by atoms with van der Waals surface area (Å²) in [6.45, 7) is 0. The molecule has 0 unspecified atom stereocenters. The monoisotopic (exact) mass is 448 g/mol. The number of hydrogen-bond donors (Lipinski definition) is 1. The molecule has 154 valence electrons. The van der Waals surface area contributed by atoms with Crippen molar-refractivity contribution in [3.63, 3.8) is 0 Å². The highest BCUT2D eigenvalue weighted by molar-refractivity contribution is 7.21. The van der Waals surface area contributed by atoms with E-state index in [2.05, 4.69) is 10.5 Å². The van der Waals surface area contributed by atoms with Crippen LogP contribution in [0.25, 0.3) is 10.1 Å². The normalized spacial score (nSPS) is 11.0. The zero-order valence-electron chi connectivity index (χ0n) is 16.2. The third kappa shape index (κ3) is 5.17. The number of esters is 1. The number of thiophene rings is 1. The van der Waals surface area contributed by atoms with Crippen LogP contribution in [0.5, 0.6) is 5.75 Å². The summed E-state index contributed by atoms with van der Waals surface area (Å²) in [4.78, 5) is 24.9. The summed E-state index contributed by atoms with van der Waals surface area (Å²) in [7, 11) is 0. The first kappa shape index (κ1) is 20.8. The van der Waals surface area contributed by atoms with Gasteiger partial charge in [-0.2, -0.15) is 5.10 Å². The number of benzene rings is 3. The Morgan fingerprint density at radius 3 is 2.58 bits per heavy atom. The summed E-state index contributed by atoms with van der Waals surface area (Å²) < 4.78 is 6.42. The second-order valence-electron chi connectivity index (χ2n) is 6.66. The predicted octanol–water partition coefficient (Wildman–Crippen LogP) is 5.47. The summed E-state index contributed by atoms with van der Waals surface area (Å²) >= 11 is 7.65. The maximum absolute atomic E-state index is 12.6. The molecule has 0 aliphatic carbocycles. The van der Waals surface area contributed by atoms with Crippen molar-refractivity contribution in [1.29, 1.82) is 0 Å². The number of nitrogens with zero attached hydrogens (tertiary/aromatic N) is 1. The van der Waals surface area contributed by atoms with E-state index >= 15 is 0 Å². The highest BCUT2D eigenvalue weighted by Crippen LogP contribution is 2.35. The number of hydrazone groups is 1. The van der Waals surface area contributed by atoms with Crippen LogP contribution in [-0.2, 0) is 11.2 Å². The molecule has 0 radical (unpaired) electrons. The van der Waals surface area contributed by atoms with Crippen LogP contribution in [0.4, 0.5) is 0 Å². The molecule has 0 saturated carbocycles. The molecule has 3 aromatic carbocycles. The van der Waals surface area contributed by atoms with Crippen molar-refractivity contribution >= 4 is 51.1 Å². The standard InChI is InChI=1S/C24H17ClN2O3S/c25-22-19-11-4-5-12-20(19)31-23(22)24(29)30-18-10-6-9-17(13-18)15-26-27-21(28)14-16-7-2-1-3-8-16/h1-13,15H,14H2,(H,27,28)/b26-15+. The Morgan fingerprint density at radius 2 is 1.77 bits per heavy atom. The second kappa shape index (κ2) is 9.55. The van der Waals surface area contributed by atoms with Crippen molar-refractivity contribution in [1.82, 2.24) is 5.43 Å². The summed E-state index contributed by atoms with van der Waals surface area (Å²) in [5.74, 6) is -0.376. The molecule has 31 heavy (non-hydrogen) atoms. The van der Waals surface area contributed by atoms with Crippen LogP contribution in [0.2, 0.25) is 5.02 Å². The molecule has 0 saturated heterocycles. The maximum Gasteiger partial charge on any atom is 0.355 e. The number of fused-ring (bicyclic) bond motifs is 1. The van der Waals surface area contributed by atoms with Crippen molar-refractivity contribution in [3.05, 3.63) is 99.9 Å². The Morgan fingerprint density at radius 1 is 1.00 bits per heavy atom. The molecule has 0 aliphatic rings. The van der Waals surface area contributed by atoms with Crippen molar-refractivity contribution in [2.45, 2.75) is 6.42 Å². The molecule has 0 bridgehead atoms. The van der Waals surface area contributed by atoms with Crippen LogP contribution < -0.4 is 10.2 Å². The van der Waals surface area contributed by atoms with Crippen molar-refractivity contribution in [2.24, 2.45) is 5.10 Å². The van der Waals surface area contributed by atoms with Gasteiger partial charge in [0.05, 0.1) is 17.7 Å². The Balaban J connectivity index is 1.39. The first-order valence-electron chi connectivity index (χ1n) is 9.45. The van der Waals surface area contributed by atoms with Gasteiger partial charge in [-0.05, 0) is 29.3 Å². The van der Waals surface area contributed by atoms with Crippen molar-refractivity contribution in [3.8, 4) is 5.75 Å². The quantitative estimate of drug-likeness (QED) is 0.184. The Labute approximate surface area is 187 Å². The Hall–Kier alpha value is -3.48. The molecule has 4 aromatic rings. The number of carbonyl (C=O) groups is 2. The molecule has 1 amide bonds. The van der Waals surface area contributed by atoms with E-state index in [1.807, 2.05) is 54.6 Å². The van der Waals surface area contributed by atoms with Crippen LogP contribution in [0.15, 0.2) is 84.0 Å². The number of rotatable bonds is 6. The summed E-state index contributed by atoms with van der Waals surface area (Å²) in [6, 6.07) is 23.8. The van der Waals surface area contributed by atoms with Crippen LogP contribution in [-0.4, -0.2) is 18.1 Å². The SMILES string of the molecule is O=C(Cc1ccccc1)N/N=C/c1cccc(OC(=O)c2sc3ccccc3c2Cl)c1. The van der Waals surface area contributed by atoms with Crippen molar-refractivity contribution in [2.75, 3.05) is 0 Å². The summed E-state index contributed by atoms with van der Waals surface area (Å²) in [5.41, 5.74) is 4.08. The molecule has 0 aliphatic heterocycles. The minimum Gasteiger partial charge on any atom is -0.422 e. The van der Waals surface area contributed by atoms with E-state index in [0.29, 0.717) is 21.2 Å². The number of ether oxygens (including phenoxy) is 1. The fraction of sp³-hybridized carbons (Fsp3) is 0.0417. The number of amides is 1. The van der Waals surface area contributed by atoms with E-state index in [9.17, 15) is 9.59 Å². The zero-order valence-corrected chi connectivity index (χ0v) is 17.8. The van der Waals surface area contributed by atoms with Gasteiger partial charge in [-0.25, -0.2) is 10.2 Å². The molecule has 0 atom stereocenters. The first-order chi connectivity index (χ1) is 15.1. The number of halogens is 1. The lowest BCUT2D eigenvalue weighted by molar-refractivity contribution is -0.120. The lowest BCUT2D eigenvalue weighted by Gasteiger charge is -2.04. The van der Waals surface area contributed by atoms with E-state index in [1.54, 1.807) is 24.3 Å². The van der Waals surface area contributed by atoms with Gasteiger partial charge in [-0.15, -0.1) is 11.3 Å². The lowest BCUT2D eigenvalue weighted by Crippen LogP contribution is -2.19. The van der Waals surface area contributed by atoms with E-state index in [-0.39, 0.29) is 12.3 Å². The van der Waals surface area contributed by atoms with E-state index < -0.39 is 5.97 Å². The minimum absolute atomic E-state index is 0.218. The van der Waals surface area contributed by atoms with Gasteiger partial charge < -0.3 is 4.74 Å². The smallest absolute Gasteiger partial charge is 0.355 e. The maximum atomic E-state index is 12.6. The molecule has 0 fully saturated rings. The highest BCUT2D eigenvalue weighted by atomic mass is 35.5. The average molecular weight is 449 g/mol. The summed E-state index contributed by atoms with van der Waals surface area (Å²) in [5, 5.41) is 5.20. The fourth-order valence-electron chi connectivity index (χ4n) is 2.96. The van der Waals surface area contributed by atoms with E-state index in [0.717, 1.165) is 15.6 Å². The van der Waals surface area contributed by atoms with Gasteiger partial charge in [-0.1, -0.05) is 72.3 Å². The minimum atomic E-state index is -0.517. The van der Waals surface area contributed by atoms with Gasteiger partial charge >= 0.3 is 5.97 Å². The summed E-state index contributed by atoms with van der Waals surface area (Å²) in [6.07, 6.45) is 1.73. The fourth-order valence-corrected chi connectivity index (χ4v) is 4.34. The van der Waals surface area contributed by atoms with Crippen LogP contribution >= 0.6 is 22.9 Å². The van der Waals surface area contributed by atoms with Crippen LogP contribution in [0.3, 0.4) is 0 Å². The van der Waals surface area contributed by atoms with Gasteiger partial charge in [0.25, 0.3) is 0 Å². The second-order valence-corrected chi connectivity index (χ2v) is 8.09. The van der Waals surface area contributed by atoms with Gasteiger partial charge in [0, 0.05) is 10.1 Å². The topological polar surface area (TPSA) is 67.8 Å². The average Bonchev–Trinajstić information content (AvgIpc) is 3.12. The number of hydrogen-bond acceptors (Lipinski definition) is 5. The third-order valence-electron chi connectivity index (χ3n) is 4.40. The van der Waals surface area contributed by atoms with E-state index in [4.69, 9.17) is 16.3 Å². The molecular formula is C24H17ClN2O3S. The highest BCUT2D eigenvalue weighted by Gasteiger charge is 2.19. The molecule has 7 heteroatoms. The third-order valence-corrected chi connectivity index (χ3v) is 6.05. The van der Waals surface area contributed by atoms with Crippen LogP contribution in [0, 0.1) is 0 Å². The molecule has 1 aromatic heterocycles. The lowest BCUT2D eigenvalue weighted by atomic mass is 10.1. The van der Waals surface area contributed by atoms with Crippen LogP contribution in [0.1, 0.15) is 20.8 Å². The van der Waals surface area contributed by atoms with Gasteiger partial charge in [-0.3, -0.25) is 4.79 Å². The zero-order chi connectivity index (χ0) is 21.6.